The van der Waals surface area contributed by atoms with Crippen LogP contribution in [0.4, 0.5) is 0 Å². The number of methoxy groups -OCH3 is 1. The Morgan fingerprint density at radius 2 is 1.58 bits per heavy atom. The van der Waals surface area contributed by atoms with Gasteiger partial charge in [-0.25, -0.2) is 0 Å². The summed E-state index contributed by atoms with van der Waals surface area (Å²) in [4.78, 5) is 0. The smallest absolute Gasteiger partial charge is 0.118 e. The standard InChI is InChI=1S/C17H18O2/c1-13(14-8-10-16(19-2)11-9-14)17(12-18)15-6-4-3-5-7-15/h3-11,18H,12H2,1-2H3/b17-13+. The van der Waals surface area contributed by atoms with Gasteiger partial charge in [0.2, 0.25) is 0 Å². The van der Waals surface area contributed by atoms with E-state index in [0.717, 1.165) is 28.0 Å². The number of rotatable bonds is 4. The molecule has 0 saturated heterocycles. The molecule has 2 nitrogen and oxygen atoms in total. The largest absolute Gasteiger partial charge is 0.497 e. The van der Waals surface area contributed by atoms with Gasteiger partial charge in [-0.1, -0.05) is 42.5 Å². The van der Waals surface area contributed by atoms with E-state index < -0.39 is 0 Å². The Kier molecular flexibility index (Phi) is 4.37. The monoisotopic (exact) mass is 254 g/mol. The van der Waals surface area contributed by atoms with Gasteiger partial charge in [-0.05, 0) is 41.3 Å². The van der Waals surface area contributed by atoms with Crippen molar-refractivity contribution in [3.63, 3.8) is 0 Å². The minimum atomic E-state index is 0.0296. The molecule has 2 heteroatoms. The predicted octanol–water partition coefficient (Wildman–Crippen LogP) is 3.62. The number of allylic oxidation sites excluding steroid dienone is 1. The van der Waals surface area contributed by atoms with E-state index >= 15 is 0 Å². The third kappa shape index (κ3) is 3.04. The van der Waals surface area contributed by atoms with Crippen molar-refractivity contribution in [1.82, 2.24) is 0 Å². The molecule has 2 aromatic rings. The molecule has 0 atom stereocenters. The van der Waals surface area contributed by atoms with Crippen LogP contribution in [0.2, 0.25) is 0 Å². The van der Waals surface area contributed by atoms with Crippen LogP contribution in [0, 0.1) is 0 Å². The summed E-state index contributed by atoms with van der Waals surface area (Å²) in [5.41, 5.74) is 4.18. The van der Waals surface area contributed by atoms with Crippen LogP contribution in [0.15, 0.2) is 54.6 Å². The molecule has 19 heavy (non-hydrogen) atoms. The minimum absolute atomic E-state index is 0.0296. The summed E-state index contributed by atoms with van der Waals surface area (Å²) in [5, 5.41) is 9.63. The van der Waals surface area contributed by atoms with E-state index in [2.05, 4.69) is 0 Å². The van der Waals surface area contributed by atoms with E-state index in [1.165, 1.54) is 0 Å². The van der Waals surface area contributed by atoms with Crippen molar-refractivity contribution in [3.05, 3.63) is 65.7 Å². The second-order valence-electron chi connectivity index (χ2n) is 4.36. The van der Waals surface area contributed by atoms with Crippen LogP contribution in [0.3, 0.4) is 0 Å². The number of hydrogen-bond acceptors (Lipinski definition) is 2. The second kappa shape index (κ2) is 6.21. The maximum atomic E-state index is 9.63. The lowest BCUT2D eigenvalue weighted by atomic mass is 9.96. The topological polar surface area (TPSA) is 29.5 Å². The lowest BCUT2D eigenvalue weighted by Gasteiger charge is -2.11. The van der Waals surface area contributed by atoms with Gasteiger partial charge in [0, 0.05) is 0 Å². The SMILES string of the molecule is COc1ccc(/C(C)=C(\CO)c2ccccc2)cc1. The van der Waals surface area contributed by atoms with Crippen molar-refractivity contribution in [2.75, 3.05) is 13.7 Å². The van der Waals surface area contributed by atoms with Crippen LogP contribution >= 0.6 is 0 Å². The summed E-state index contributed by atoms with van der Waals surface area (Å²) in [7, 11) is 1.65. The lowest BCUT2D eigenvalue weighted by Crippen LogP contribution is -1.95. The van der Waals surface area contributed by atoms with Crippen LogP contribution in [-0.2, 0) is 0 Å². The molecule has 2 rings (SSSR count). The maximum Gasteiger partial charge on any atom is 0.118 e. The Labute approximate surface area is 114 Å². The summed E-state index contributed by atoms with van der Waals surface area (Å²) < 4.78 is 5.15. The number of aliphatic hydroxyl groups is 1. The Morgan fingerprint density at radius 1 is 0.947 bits per heavy atom. The van der Waals surface area contributed by atoms with Crippen LogP contribution in [0.25, 0.3) is 11.1 Å². The molecule has 0 aliphatic carbocycles. The van der Waals surface area contributed by atoms with Gasteiger partial charge in [-0.3, -0.25) is 0 Å². The molecular formula is C17H18O2. The first kappa shape index (κ1) is 13.4. The Balaban J connectivity index is 2.42. The average molecular weight is 254 g/mol. The van der Waals surface area contributed by atoms with Crippen molar-refractivity contribution in [2.45, 2.75) is 6.92 Å². The summed E-state index contributed by atoms with van der Waals surface area (Å²) in [6, 6.07) is 17.8. The number of hydrogen-bond donors (Lipinski definition) is 1. The molecule has 0 aromatic heterocycles. The molecule has 0 heterocycles. The quantitative estimate of drug-likeness (QED) is 0.844. The van der Waals surface area contributed by atoms with Gasteiger partial charge in [0.15, 0.2) is 0 Å². The van der Waals surface area contributed by atoms with E-state index in [9.17, 15) is 5.11 Å². The minimum Gasteiger partial charge on any atom is -0.497 e. The highest BCUT2D eigenvalue weighted by Gasteiger charge is 2.06. The third-order valence-corrected chi connectivity index (χ3v) is 3.26. The van der Waals surface area contributed by atoms with Crippen molar-refractivity contribution >= 4 is 11.1 Å². The zero-order valence-electron chi connectivity index (χ0n) is 11.3. The van der Waals surface area contributed by atoms with E-state index in [0.29, 0.717) is 0 Å². The van der Waals surface area contributed by atoms with Gasteiger partial charge in [-0.15, -0.1) is 0 Å². The van der Waals surface area contributed by atoms with E-state index in [4.69, 9.17) is 4.74 Å². The maximum absolute atomic E-state index is 9.63. The van der Waals surface area contributed by atoms with Gasteiger partial charge in [0.05, 0.1) is 13.7 Å². The fourth-order valence-electron chi connectivity index (χ4n) is 2.08. The molecular weight excluding hydrogens is 236 g/mol. The fraction of sp³-hybridized carbons (Fsp3) is 0.176. The fourth-order valence-corrected chi connectivity index (χ4v) is 2.08. The molecule has 0 fully saturated rings. The lowest BCUT2D eigenvalue weighted by molar-refractivity contribution is 0.350. The average Bonchev–Trinajstić information content (AvgIpc) is 2.49. The highest BCUT2D eigenvalue weighted by molar-refractivity contribution is 5.90. The molecule has 1 N–H and O–H groups in total. The molecule has 0 amide bonds. The first-order chi connectivity index (χ1) is 9.26. The summed E-state index contributed by atoms with van der Waals surface area (Å²) >= 11 is 0. The van der Waals surface area contributed by atoms with E-state index in [1.54, 1.807) is 7.11 Å². The molecule has 0 spiro atoms. The van der Waals surface area contributed by atoms with Crippen molar-refractivity contribution in [3.8, 4) is 5.75 Å². The molecule has 0 saturated carbocycles. The van der Waals surface area contributed by atoms with Crippen molar-refractivity contribution in [2.24, 2.45) is 0 Å². The van der Waals surface area contributed by atoms with Crippen LogP contribution in [0.1, 0.15) is 18.1 Å². The molecule has 98 valence electrons. The molecule has 0 bridgehead atoms. The van der Waals surface area contributed by atoms with E-state index in [-0.39, 0.29) is 6.61 Å². The van der Waals surface area contributed by atoms with Gasteiger partial charge in [-0.2, -0.15) is 0 Å². The van der Waals surface area contributed by atoms with E-state index in [1.807, 2.05) is 61.5 Å². The highest BCUT2D eigenvalue weighted by atomic mass is 16.5. The molecule has 2 aromatic carbocycles. The number of aliphatic hydroxyl groups excluding tert-OH is 1. The summed E-state index contributed by atoms with van der Waals surface area (Å²) in [5.74, 6) is 0.835. The van der Waals surface area contributed by atoms with Crippen molar-refractivity contribution in [1.29, 1.82) is 0 Å². The van der Waals surface area contributed by atoms with Gasteiger partial charge in [0.25, 0.3) is 0 Å². The Hall–Kier alpha value is -2.06. The Morgan fingerprint density at radius 3 is 2.11 bits per heavy atom. The number of ether oxygens (including phenoxy) is 1. The zero-order chi connectivity index (χ0) is 13.7. The first-order valence-electron chi connectivity index (χ1n) is 6.26. The summed E-state index contributed by atoms with van der Waals surface area (Å²) in [6.45, 7) is 2.06. The third-order valence-electron chi connectivity index (χ3n) is 3.26. The highest BCUT2D eigenvalue weighted by Crippen LogP contribution is 2.26. The van der Waals surface area contributed by atoms with Gasteiger partial charge >= 0.3 is 0 Å². The molecule has 0 unspecified atom stereocenters. The normalized spacial score (nSPS) is 11.9. The second-order valence-corrected chi connectivity index (χ2v) is 4.36. The van der Waals surface area contributed by atoms with Crippen molar-refractivity contribution < 1.29 is 9.84 Å². The predicted molar refractivity (Wildman–Crippen MR) is 79.0 cm³/mol. The van der Waals surface area contributed by atoms with Crippen LogP contribution < -0.4 is 4.74 Å². The number of benzene rings is 2. The van der Waals surface area contributed by atoms with Gasteiger partial charge < -0.3 is 9.84 Å². The zero-order valence-corrected chi connectivity index (χ0v) is 11.3. The van der Waals surface area contributed by atoms with Crippen LogP contribution in [-0.4, -0.2) is 18.8 Å². The van der Waals surface area contributed by atoms with Gasteiger partial charge in [0.1, 0.15) is 5.75 Å². The Bertz CT molecular complexity index is 554. The molecule has 0 radical (unpaired) electrons. The van der Waals surface area contributed by atoms with Crippen LogP contribution in [0.5, 0.6) is 5.75 Å². The first-order valence-corrected chi connectivity index (χ1v) is 6.26. The molecule has 0 aliphatic heterocycles. The summed E-state index contributed by atoms with van der Waals surface area (Å²) in [6.07, 6.45) is 0. The molecule has 0 aliphatic rings.